The lowest BCUT2D eigenvalue weighted by molar-refractivity contribution is 0.354. The molecule has 7 nitrogen and oxygen atoms in total. The van der Waals surface area contributed by atoms with Gasteiger partial charge in [-0.2, -0.15) is 10.1 Å². The van der Waals surface area contributed by atoms with Gasteiger partial charge in [0.05, 0.1) is 12.8 Å². The van der Waals surface area contributed by atoms with Crippen LogP contribution in [0.2, 0.25) is 0 Å². The molecule has 1 N–H and O–H groups in total. The number of aromatic nitrogens is 4. The number of nitrogens with one attached hydrogen (secondary N) is 1. The Hall–Kier alpha value is -2.31. The van der Waals surface area contributed by atoms with Crippen LogP contribution in [-0.2, 0) is 7.05 Å². The fraction of sp³-hybridized carbons (Fsp3) is 0.462. The maximum Gasteiger partial charge on any atom is 0.269 e. The van der Waals surface area contributed by atoms with Crippen LogP contribution in [0.5, 0.6) is 17.5 Å². The second kappa shape index (κ2) is 6.23. The van der Waals surface area contributed by atoms with E-state index in [1.165, 1.54) is 6.33 Å². The van der Waals surface area contributed by atoms with Crippen molar-refractivity contribution < 1.29 is 9.47 Å². The topological polar surface area (TPSA) is 74.1 Å². The van der Waals surface area contributed by atoms with Crippen LogP contribution in [-0.4, -0.2) is 33.4 Å². The van der Waals surface area contributed by atoms with Crippen molar-refractivity contribution in [1.82, 2.24) is 19.7 Å². The highest BCUT2D eigenvalue weighted by atomic mass is 16.5. The van der Waals surface area contributed by atoms with E-state index in [1.807, 2.05) is 20.0 Å². The van der Waals surface area contributed by atoms with Crippen LogP contribution in [0.3, 0.4) is 0 Å². The first-order chi connectivity index (χ1) is 9.65. The molecule has 0 aliphatic rings. The van der Waals surface area contributed by atoms with Crippen molar-refractivity contribution in [2.75, 3.05) is 19.0 Å². The van der Waals surface area contributed by atoms with Gasteiger partial charge in [-0.05, 0) is 13.3 Å². The Kier molecular flexibility index (Phi) is 4.39. The molecule has 0 amide bonds. The minimum absolute atomic E-state index is 0.365. The van der Waals surface area contributed by atoms with E-state index in [0.29, 0.717) is 23.3 Å². The summed E-state index contributed by atoms with van der Waals surface area (Å²) >= 11 is 0. The van der Waals surface area contributed by atoms with Gasteiger partial charge in [0.1, 0.15) is 6.33 Å². The first-order valence-electron chi connectivity index (χ1n) is 6.47. The molecule has 2 heterocycles. The molecule has 0 saturated carbocycles. The zero-order chi connectivity index (χ0) is 14.5. The Morgan fingerprint density at radius 1 is 1.35 bits per heavy atom. The average molecular weight is 277 g/mol. The zero-order valence-electron chi connectivity index (χ0n) is 12.2. The summed E-state index contributed by atoms with van der Waals surface area (Å²) in [5.74, 6) is 2.07. The molecule has 108 valence electrons. The smallest absolute Gasteiger partial charge is 0.269 e. The fourth-order valence-corrected chi connectivity index (χ4v) is 1.77. The van der Waals surface area contributed by atoms with Crippen LogP contribution in [0.25, 0.3) is 0 Å². The third-order valence-corrected chi connectivity index (χ3v) is 2.68. The van der Waals surface area contributed by atoms with Crippen LogP contribution in [0.15, 0.2) is 12.4 Å². The molecule has 2 aromatic rings. The quantitative estimate of drug-likeness (QED) is 0.872. The Morgan fingerprint density at radius 2 is 2.15 bits per heavy atom. The highest BCUT2D eigenvalue weighted by Crippen LogP contribution is 2.34. The second-order valence-electron chi connectivity index (χ2n) is 4.34. The van der Waals surface area contributed by atoms with E-state index >= 15 is 0 Å². The maximum absolute atomic E-state index is 5.76. The monoisotopic (exact) mass is 277 g/mol. The molecule has 2 rings (SSSR count). The van der Waals surface area contributed by atoms with Crippen LogP contribution < -0.4 is 14.8 Å². The number of rotatable bonds is 6. The molecule has 0 radical (unpaired) electrons. The van der Waals surface area contributed by atoms with Crippen LogP contribution >= 0.6 is 0 Å². The minimum Gasteiger partial charge on any atom is -0.489 e. The molecule has 0 spiro atoms. The first kappa shape index (κ1) is 14.1. The van der Waals surface area contributed by atoms with Crippen molar-refractivity contribution in [3.05, 3.63) is 18.1 Å². The third-order valence-electron chi connectivity index (χ3n) is 2.68. The van der Waals surface area contributed by atoms with E-state index in [1.54, 1.807) is 11.8 Å². The van der Waals surface area contributed by atoms with Gasteiger partial charge >= 0.3 is 0 Å². The van der Waals surface area contributed by atoms with Crippen molar-refractivity contribution in [3.8, 4) is 17.5 Å². The molecule has 0 saturated heterocycles. The van der Waals surface area contributed by atoms with E-state index in [0.717, 1.165) is 18.7 Å². The summed E-state index contributed by atoms with van der Waals surface area (Å²) in [6.07, 6.45) is 2.43. The second-order valence-corrected chi connectivity index (χ2v) is 4.34. The van der Waals surface area contributed by atoms with E-state index in [9.17, 15) is 0 Å². The first-order valence-corrected chi connectivity index (χ1v) is 6.47. The van der Waals surface area contributed by atoms with Gasteiger partial charge in [-0.1, -0.05) is 6.92 Å². The van der Waals surface area contributed by atoms with Gasteiger partial charge in [-0.3, -0.25) is 0 Å². The van der Waals surface area contributed by atoms with E-state index in [-0.39, 0.29) is 0 Å². The summed E-state index contributed by atoms with van der Waals surface area (Å²) < 4.78 is 12.8. The van der Waals surface area contributed by atoms with Crippen LogP contribution in [0, 0.1) is 6.92 Å². The summed E-state index contributed by atoms with van der Waals surface area (Å²) in [4.78, 5) is 8.29. The van der Waals surface area contributed by atoms with Crippen molar-refractivity contribution in [3.63, 3.8) is 0 Å². The largest absolute Gasteiger partial charge is 0.489 e. The molecule has 7 heteroatoms. The molecule has 0 atom stereocenters. The molecule has 0 aliphatic heterocycles. The lowest BCUT2D eigenvalue weighted by Crippen LogP contribution is -2.06. The predicted octanol–water partition coefficient (Wildman–Crippen LogP) is 2.14. The molecule has 2 aromatic heterocycles. The normalized spacial score (nSPS) is 10.4. The highest BCUT2D eigenvalue weighted by Gasteiger charge is 2.15. The lowest BCUT2D eigenvalue weighted by atomic mass is 10.4. The summed E-state index contributed by atoms with van der Waals surface area (Å²) in [7, 11) is 3.38. The predicted molar refractivity (Wildman–Crippen MR) is 75.4 cm³/mol. The Labute approximate surface area is 118 Å². The third kappa shape index (κ3) is 2.98. The molecule has 0 bridgehead atoms. The number of hydrogen-bond acceptors (Lipinski definition) is 6. The van der Waals surface area contributed by atoms with E-state index in [2.05, 4.69) is 27.3 Å². The van der Waals surface area contributed by atoms with Crippen molar-refractivity contribution in [2.24, 2.45) is 7.05 Å². The molecule has 0 aliphatic carbocycles. The van der Waals surface area contributed by atoms with Gasteiger partial charge in [-0.25, -0.2) is 9.67 Å². The number of ether oxygens (including phenoxy) is 2. The van der Waals surface area contributed by atoms with E-state index in [4.69, 9.17) is 9.47 Å². The van der Waals surface area contributed by atoms with Crippen LogP contribution in [0.4, 0.5) is 5.82 Å². The molecular formula is C13H19N5O2. The van der Waals surface area contributed by atoms with Gasteiger partial charge in [-0.15, -0.1) is 0 Å². The average Bonchev–Trinajstić information content (AvgIpc) is 2.74. The maximum atomic E-state index is 5.76. The zero-order valence-corrected chi connectivity index (χ0v) is 12.2. The summed E-state index contributed by atoms with van der Waals surface area (Å²) in [5.41, 5.74) is 0.875. The fourth-order valence-electron chi connectivity index (χ4n) is 1.77. The number of anilines is 1. The number of nitrogens with zero attached hydrogens (tertiary/aromatic N) is 4. The van der Waals surface area contributed by atoms with Gasteiger partial charge in [0.25, 0.3) is 5.88 Å². The van der Waals surface area contributed by atoms with Gasteiger partial charge in [0, 0.05) is 19.7 Å². The SMILES string of the molecule is CCCNc1ncnc(Oc2cc(C)nn2C)c1OC. The van der Waals surface area contributed by atoms with Crippen molar-refractivity contribution in [1.29, 1.82) is 0 Å². The number of aryl methyl sites for hydroxylation is 2. The molecule has 0 unspecified atom stereocenters. The van der Waals surface area contributed by atoms with Gasteiger partial charge in [0.15, 0.2) is 5.82 Å². The number of methoxy groups -OCH3 is 1. The Balaban J connectivity index is 2.29. The number of hydrogen-bond donors (Lipinski definition) is 1. The standard InChI is InChI=1S/C13H19N5O2/c1-5-6-14-12-11(19-4)13(16-8-15-12)20-10-7-9(2)17-18(10)3/h7-8H,5-6H2,1-4H3,(H,14,15,16). The van der Waals surface area contributed by atoms with Gasteiger partial charge in [0.2, 0.25) is 11.6 Å². The summed E-state index contributed by atoms with van der Waals surface area (Å²) in [6, 6.07) is 1.83. The Bertz CT molecular complexity index is 582. The molecule has 20 heavy (non-hydrogen) atoms. The molecule has 0 fully saturated rings. The van der Waals surface area contributed by atoms with Crippen molar-refractivity contribution in [2.45, 2.75) is 20.3 Å². The molecular weight excluding hydrogens is 258 g/mol. The van der Waals surface area contributed by atoms with Crippen LogP contribution in [0.1, 0.15) is 19.0 Å². The molecule has 0 aromatic carbocycles. The highest BCUT2D eigenvalue weighted by molar-refractivity contribution is 5.55. The lowest BCUT2D eigenvalue weighted by Gasteiger charge is -2.12. The Morgan fingerprint density at radius 3 is 2.75 bits per heavy atom. The minimum atomic E-state index is 0.365. The van der Waals surface area contributed by atoms with Gasteiger partial charge < -0.3 is 14.8 Å². The summed E-state index contributed by atoms with van der Waals surface area (Å²) in [5, 5.41) is 7.41. The summed E-state index contributed by atoms with van der Waals surface area (Å²) in [6.45, 7) is 4.78. The van der Waals surface area contributed by atoms with E-state index < -0.39 is 0 Å². The van der Waals surface area contributed by atoms with Crippen molar-refractivity contribution >= 4 is 5.82 Å².